The molecule has 0 radical (unpaired) electrons. The molecule has 0 spiro atoms. The van der Waals surface area contributed by atoms with Gasteiger partial charge in [0.2, 0.25) is 5.91 Å². The molecule has 0 aromatic heterocycles. The van der Waals surface area contributed by atoms with E-state index in [0.717, 1.165) is 0 Å². The number of carbonyl (C=O) groups is 2. The average Bonchev–Trinajstić information content (AvgIpc) is 2.38. The van der Waals surface area contributed by atoms with Crippen molar-refractivity contribution in [2.75, 3.05) is 18.9 Å². The Bertz CT molecular complexity index is 432. The van der Waals surface area contributed by atoms with Gasteiger partial charge < -0.3 is 16.4 Å². The Morgan fingerprint density at radius 2 is 2.11 bits per heavy atom. The summed E-state index contributed by atoms with van der Waals surface area (Å²) in [6.07, 6.45) is 0.640. The number of nitrogens with two attached hydrogens (primary N) is 1. The van der Waals surface area contributed by atoms with Crippen molar-refractivity contribution in [3.63, 3.8) is 0 Å². The molecule has 1 unspecified atom stereocenters. The number of carbonyl (C=O) groups excluding carboxylic acids is 2. The summed E-state index contributed by atoms with van der Waals surface area (Å²) in [5.74, 6) is -0.408. The van der Waals surface area contributed by atoms with Crippen LogP contribution >= 0.6 is 0 Å². The molecule has 4 N–H and O–H groups in total. The summed E-state index contributed by atoms with van der Waals surface area (Å²) in [7, 11) is 1.57. The van der Waals surface area contributed by atoms with Gasteiger partial charge >= 0.3 is 0 Å². The zero-order valence-corrected chi connectivity index (χ0v) is 10.7. The van der Waals surface area contributed by atoms with Crippen molar-refractivity contribution >= 4 is 17.5 Å². The Labute approximate surface area is 107 Å². The molecule has 5 heteroatoms. The first-order valence-corrected chi connectivity index (χ1v) is 5.91. The van der Waals surface area contributed by atoms with Gasteiger partial charge in [-0.1, -0.05) is 13.0 Å². The molecule has 0 saturated carbocycles. The van der Waals surface area contributed by atoms with E-state index in [2.05, 4.69) is 10.6 Å². The second kappa shape index (κ2) is 6.76. The number of benzene rings is 1. The van der Waals surface area contributed by atoms with E-state index >= 15 is 0 Å². The van der Waals surface area contributed by atoms with Crippen LogP contribution in [-0.2, 0) is 4.79 Å². The fraction of sp³-hybridized carbons (Fsp3) is 0.385. The van der Waals surface area contributed by atoms with Gasteiger partial charge in [-0.15, -0.1) is 0 Å². The molecule has 0 aliphatic heterocycles. The van der Waals surface area contributed by atoms with Crippen LogP contribution in [0.3, 0.4) is 0 Å². The van der Waals surface area contributed by atoms with Crippen LogP contribution in [0, 0.1) is 5.92 Å². The normalized spacial score (nSPS) is 11.7. The fourth-order valence-electron chi connectivity index (χ4n) is 1.53. The van der Waals surface area contributed by atoms with Crippen LogP contribution in [0.15, 0.2) is 24.3 Å². The number of hydrogen-bond donors (Lipinski definition) is 3. The Morgan fingerprint density at radius 1 is 1.39 bits per heavy atom. The first-order valence-electron chi connectivity index (χ1n) is 5.91. The lowest BCUT2D eigenvalue weighted by Crippen LogP contribution is -2.23. The predicted octanol–water partition coefficient (Wildman–Crippen LogP) is 0.970. The standard InChI is InChI=1S/C13H19N3O2/c1-9(6-7-14)12(17)16-11-5-3-4-10(8-11)13(18)15-2/h3-5,8-9H,6-7,14H2,1-2H3,(H,15,18)(H,16,17). The lowest BCUT2D eigenvalue weighted by molar-refractivity contribution is -0.119. The second-order valence-corrected chi connectivity index (χ2v) is 4.13. The molecule has 0 aliphatic rings. The van der Waals surface area contributed by atoms with Gasteiger partial charge in [0.15, 0.2) is 0 Å². The molecular formula is C13H19N3O2. The number of amides is 2. The minimum atomic E-state index is -0.180. The smallest absolute Gasteiger partial charge is 0.251 e. The average molecular weight is 249 g/mol. The van der Waals surface area contributed by atoms with Gasteiger partial charge in [0, 0.05) is 24.2 Å². The van der Waals surface area contributed by atoms with Crippen LogP contribution < -0.4 is 16.4 Å². The maximum absolute atomic E-state index is 11.8. The van der Waals surface area contributed by atoms with Gasteiger partial charge in [-0.2, -0.15) is 0 Å². The Kier molecular flexibility index (Phi) is 5.32. The summed E-state index contributed by atoms with van der Waals surface area (Å²) in [5.41, 5.74) is 6.54. The van der Waals surface area contributed by atoms with E-state index in [1.165, 1.54) is 0 Å². The number of hydrogen-bond acceptors (Lipinski definition) is 3. The molecule has 0 fully saturated rings. The number of nitrogens with one attached hydrogen (secondary N) is 2. The maximum atomic E-state index is 11.8. The SMILES string of the molecule is CNC(=O)c1cccc(NC(=O)C(C)CCN)c1. The Morgan fingerprint density at radius 3 is 2.72 bits per heavy atom. The third kappa shape index (κ3) is 3.85. The van der Waals surface area contributed by atoms with E-state index < -0.39 is 0 Å². The zero-order valence-electron chi connectivity index (χ0n) is 10.7. The molecular weight excluding hydrogens is 230 g/mol. The maximum Gasteiger partial charge on any atom is 0.251 e. The number of anilines is 1. The van der Waals surface area contributed by atoms with Crippen molar-refractivity contribution in [3.8, 4) is 0 Å². The van der Waals surface area contributed by atoms with Crippen molar-refractivity contribution in [3.05, 3.63) is 29.8 Å². The van der Waals surface area contributed by atoms with Crippen LogP contribution in [0.4, 0.5) is 5.69 Å². The highest BCUT2D eigenvalue weighted by Crippen LogP contribution is 2.12. The van der Waals surface area contributed by atoms with Gasteiger partial charge in [0.05, 0.1) is 0 Å². The Balaban J connectivity index is 2.73. The summed E-state index contributed by atoms with van der Waals surface area (Å²) in [5, 5.41) is 5.31. The van der Waals surface area contributed by atoms with Crippen LogP contribution in [0.25, 0.3) is 0 Å². The van der Waals surface area contributed by atoms with Crippen LogP contribution in [0.1, 0.15) is 23.7 Å². The van der Waals surface area contributed by atoms with Crippen molar-refractivity contribution in [1.82, 2.24) is 5.32 Å². The minimum absolute atomic E-state index is 0.0884. The topological polar surface area (TPSA) is 84.2 Å². The van der Waals surface area contributed by atoms with Crippen molar-refractivity contribution in [1.29, 1.82) is 0 Å². The lowest BCUT2D eigenvalue weighted by Gasteiger charge is -2.11. The summed E-state index contributed by atoms with van der Waals surface area (Å²) in [4.78, 5) is 23.2. The molecule has 5 nitrogen and oxygen atoms in total. The predicted molar refractivity (Wildman–Crippen MR) is 71.3 cm³/mol. The largest absolute Gasteiger partial charge is 0.355 e. The van der Waals surface area contributed by atoms with E-state index in [0.29, 0.717) is 24.2 Å². The van der Waals surface area contributed by atoms with Crippen LogP contribution in [-0.4, -0.2) is 25.4 Å². The lowest BCUT2D eigenvalue weighted by atomic mass is 10.1. The number of rotatable bonds is 5. The van der Waals surface area contributed by atoms with Gasteiger partial charge in [0.25, 0.3) is 5.91 Å². The molecule has 1 atom stereocenters. The molecule has 1 aromatic rings. The van der Waals surface area contributed by atoms with E-state index in [-0.39, 0.29) is 17.7 Å². The van der Waals surface area contributed by atoms with E-state index in [4.69, 9.17) is 5.73 Å². The Hall–Kier alpha value is -1.88. The molecule has 1 rings (SSSR count). The summed E-state index contributed by atoms with van der Waals surface area (Å²) in [6, 6.07) is 6.82. The third-order valence-electron chi connectivity index (χ3n) is 2.67. The van der Waals surface area contributed by atoms with E-state index in [1.54, 1.807) is 31.3 Å². The highest BCUT2D eigenvalue weighted by molar-refractivity contribution is 5.97. The molecule has 98 valence electrons. The molecule has 0 aliphatic carbocycles. The van der Waals surface area contributed by atoms with E-state index in [9.17, 15) is 9.59 Å². The van der Waals surface area contributed by atoms with Gasteiger partial charge in [-0.25, -0.2) is 0 Å². The van der Waals surface area contributed by atoms with Gasteiger partial charge in [-0.3, -0.25) is 9.59 Å². The molecule has 0 heterocycles. The van der Waals surface area contributed by atoms with Crippen LogP contribution in [0.2, 0.25) is 0 Å². The van der Waals surface area contributed by atoms with Crippen LogP contribution in [0.5, 0.6) is 0 Å². The molecule has 2 amide bonds. The molecule has 0 bridgehead atoms. The summed E-state index contributed by atoms with van der Waals surface area (Å²) >= 11 is 0. The molecule has 0 saturated heterocycles. The van der Waals surface area contributed by atoms with Crippen molar-refractivity contribution in [2.24, 2.45) is 11.7 Å². The van der Waals surface area contributed by atoms with Gasteiger partial charge in [0.1, 0.15) is 0 Å². The zero-order chi connectivity index (χ0) is 13.5. The van der Waals surface area contributed by atoms with Crippen molar-refractivity contribution < 1.29 is 9.59 Å². The highest BCUT2D eigenvalue weighted by Gasteiger charge is 2.12. The summed E-state index contributed by atoms with van der Waals surface area (Å²) < 4.78 is 0. The first kappa shape index (κ1) is 14.2. The molecule has 18 heavy (non-hydrogen) atoms. The third-order valence-corrected chi connectivity index (χ3v) is 2.67. The monoisotopic (exact) mass is 249 g/mol. The highest BCUT2D eigenvalue weighted by atomic mass is 16.2. The first-order chi connectivity index (χ1) is 8.58. The minimum Gasteiger partial charge on any atom is -0.355 e. The quantitative estimate of drug-likeness (QED) is 0.727. The summed E-state index contributed by atoms with van der Waals surface area (Å²) in [6.45, 7) is 2.30. The fourth-order valence-corrected chi connectivity index (χ4v) is 1.53. The van der Waals surface area contributed by atoms with Crippen molar-refractivity contribution in [2.45, 2.75) is 13.3 Å². The second-order valence-electron chi connectivity index (χ2n) is 4.13. The molecule has 1 aromatic carbocycles. The van der Waals surface area contributed by atoms with E-state index in [1.807, 2.05) is 6.92 Å². The van der Waals surface area contributed by atoms with Gasteiger partial charge in [-0.05, 0) is 31.2 Å².